The zero-order valence-corrected chi connectivity index (χ0v) is 13.0. The summed E-state index contributed by atoms with van der Waals surface area (Å²) in [5.41, 5.74) is 0.544. The number of aromatic nitrogens is 1. The second-order valence-electron chi connectivity index (χ2n) is 4.37. The lowest BCUT2D eigenvalue weighted by atomic mass is 10.2. The summed E-state index contributed by atoms with van der Waals surface area (Å²) >= 11 is 7.62. The van der Waals surface area contributed by atoms with Crippen molar-refractivity contribution in [1.29, 1.82) is 0 Å². The van der Waals surface area contributed by atoms with E-state index in [-0.39, 0.29) is 5.91 Å². The van der Waals surface area contributed by atoms with Crippen molar-refractivity contribution in [3.63, 3.8) is 0 Å². The number of hydrogen-bond donors (Lipinski definition) is 1. The lowest BCUT2D eigenvalue weighted by Crippen LogP contribution is -2.28. The molecule has 6 heteroatoms. The monoisotopic (exact) mass is 309 g/mol. The van der Waals surface area contributed by atoms with Crippen molar-refractivity contribution >= 4 is 34.7 Å². The van der Waals surface area contributed by atoms with Crippen LogP contribution in [-0.4, -0.2) is 36.4 Å². The summed E-state index contributed by atoms with van der Waals surface area (Å²) in [5, 5.41) is 5.24. The van der Waals surface area contributed by atoms with Crippen molar-refractivity contribution in [3.05, 3.63) is 45.2 Å². The Bertz CT molecular complexity index is 586. The lowest BCUT2D eigenvalue weighted by molar-refractivity contribution is 0.0797. The Morgan fingerprint density at radius 3 is 2.95 bits per heavy atom. The molecule has 2 heterocycles. The number of amides is 1. The molecule has 2 rings (SSSR count). The molecule has 0 aliphatic rings. The summed E-state index contributed by atoms with van der Waals surface area (Å²) < 4.78 is 0. The van der Waals surface area contributed by atoms with E-state index >= 15 is 0 Å². The molecule has 106 valence electrons. The van der Waals surface area contributed by atoms with Gasteiger partial charge in [0.2, 0.25) is 0 Å². The molecule has 0 aliphatic carbocycles. The summed E-state index contributed by atoms with van der Waals surface area (Å²) in [5.74, 6) is 0.537. The summed E-state index contributed by atoms with van der Waals surface area (Å²) in [4.78, 5) is 19.4. The predicted molar refractivity (Wildman–Crippen MR) is 83.8 cm³/mol. The number of carbonyl (C=O) groups excluding carboxylic acids is 1. The summed E-state index contributed by atoms with van der Waals surface area (Å²) in [7, 11) is 3.54. The fourth-order valence-corrected chi connectivity index (χ4v) is 2.71. The summed E-state index contributed by atoms with van der Waals surface area (Å²) in [6.07, 6.45) is 0.859. The van der Waals surface area contributed by atoms with Crippen molar-refractivity contribution < 1.29 is 4.79 Å². The first-order valence-corrected chi connectivity index (χ1v) is 7.49. The minimum atomic E-state index is -0.0534. The van der Waals surface area contributed by atoms with Crippen LogP contribution in [0.1, 0.15) is 15.2 Å². The molecule has 20 heavy (non-hydrogen) atoms. The highest BCUT2D eigenvalue weighted by Crippen LogP contribution is 2.16. The molecule has 0 atom stereocenters. The molecule has 0 radical (unpaired) electrons. The second kappa shape index (κ2) is 6.72. The molecule has 0 saturated carbocycles. The molecule has 0 bridgehead atoms. The Morgan fingerprint density at radius 2 is 2.30 bits per heavy atom. The van der Waals surface area contributed by atoms with E-state index in [1.54, 1.807) is 42.5 Å². The van der Waals surface area contributed by atoms with Crippen LogP contribution in [0.25, 0.3) is 0 Å². The van der Waals surface area contributed by atoms with Crippen molar-refractivity contribution in [2.45, 2.75) is 6.42 Å². The average molecular weight is 310 g/mol. The van der Waals surface area contributed by atoms with Gasteiger partial charge in [-0.15, -0.1) is 11.3 Å². The van der Waals surface area contributed by atoms with E-state index in [0.29, 0.717) is 23.1 Å². The molecular weight excluding hydrogens is 294 g/mol. The largest absolute Gasteiger partial charge is 0.373 e. The molecule has 0 aromatic carbocycles. The topological polar surface area (TPSA) is 45.2 Å². The molecule has 0 saturated heterocycles. The minimum Gasteiger partial charge on any atom is -0.373 e. The third kappa shape index (κ3) is 3.71. The number of pyridine rings is 1. The van der Waals surface area contributed by atoms with Crippen molar-refractivity contribution in [2.24, 2.45) is 0 Å². The predicted octanol–water partition coefficient (Wildman–Crippen LogP) is 3.15. The number of nitrogens with one attached hydrogen (secondary N) is 1. The Kier molecular flexibility index (Phi) is 4.98. The van der Waals surface area contributed by atoms with E-state index < -0.39 is 0 Å². The Morgan fingerprint density at radius 1 is 1.50 bits per heavy atom. The van der Waals surface area contributed by atoms with E-state index in [9.17, 15) is 4.79 Å². The van der Waals surface area contributed by atoms with Gasteiger partial charge >= 0.3 is 0 Å². The number of carbonyl (C=O) groups is 1. The number of anilines is 1. The van der Waals surface area contributed by atoms with Crippen molar-refractivity contribution in [1.82, 2.24) is 9.88 Å². The highest BCUT2D eigenvalue weighted by molar-refractivity contribution is 7.09. The molecule has 0 fully saturated rings. The van der Waals surface area contributed by atoms with Gasteiger partial charge in [-0.05, 0) is 30.0 Å². The van der Waals surface area contributed by atoms with Gasteiger partial charge in [0.1, 0.15) is 11.0 Å². The fourth-order valence-electron chi connectivity index (χ4n) is 1.80. The second-order valence-corrected chi connectivity index (χ2v) is 5.79. The molecule has 4 nitrogen and oxygen atoms in total. The number of nitrogens with zero attached hydrogens (tertiary/aromatic N) is 2. The first-order valence-electron chi connectivity index (χ1n) is 6.23. The standard InChI is InChI=1S/C14H16ClN3OS/c1-16-13-9-10(8-12(15)17-13)14(19)18(2)6-5-11-4-3-7-20-11/h3-4,7-9H,5-6H2,1-2H3,(H,16,17). The van der Waals surface area contributed by atoms with Gasteiger partial charge in [0.05, 0.1) is 0 Å². The van der Waals surface area contributed by atoms with Gasteiger partial charge in [0.25, 0.3) is 5.91 Å². The molecule has 1 N–H and O–H groups in total. The normalized spacial score (nSPS) is 10.3. The SMILES string of the molecule is CNc1cc(C(=O)N(C)CCc2cccs2)cc(Cl)n1. The van der Waals surface area contributed by atoms with Crippen LogP contribution >= 0.6 is 22.9 Å². The van der Waals surface area contributed by atoms with Gasteiger partial charge in [-0.1, -0.05) is 17.7 Å². The molecular formula is C14H16ClN3OS. The van der Waals surface area contributed by atoms with Crippen LogP contribution in [0.2, 0.25) is 5.15 Å². The Labute approximate surface area is 127 Å². The van der Waals surface area contributed by atoms with Gasteiger partial charge in [0, 0.05) is 31.1 Å². The van der Waals surface area contributed by atoms with Crippen LogP contribution < -0.4 is 5.32 Å². The van der Waals surface area contributed by atoms with E-state index in [2.05, 4.69) is 16.4 Å². The molecule has 2 aromatic rings. The van der Waals surface area contributed by atoms with E-state index in [4.69, 9.17) is 11.6 Å². The first kappa shape index (κ1) is 14.8. The van der Waals surface area contributed by atoms with E-state index in [0.717, 1.165) is 6.42 Å². The summed E-state index contributed by atoms with van der Waals surface area (Å²) in [6.45, 7) is 0.675. The number of thiophene rings is 1. The number of halogens is 1. The van der Waals surface area contributed by atoms with Gasteiger partial charge < -0.3 is 10.2 Å². The van der Waals surface area contributed by atoms with Gasteiger partial charge in [-0.2, -0.15) is 0 Å². The molecule has 2 aromatic heterocycles. The van der Waals surface area contributed by atoms with E-state index in [1.165, 1.54) is 4.88 Å². The number of likely N-dealkylation sites (N-methyl/N-ethyl adjacent to an activating group) is 1. The third-order valence-corrected chi connectivity index (χ3v) is 4.05. The average Bonchev–Trinajstić information content (AvgIpc) is 2.96. The maximum atomic E-state index is 12.3. The first-order chi connectivity index (χ1) is 9.60. The van der Waals surface area contributed by atoms with Gasteiger partial charge in [-0.25, -0.2) is 4.98 Å². The number of rotatable bonds is 5. The highest BCUT2D eigenvalue weighted by atomic mass is 35.5. The fraction of sp³-hybridized carbons (Fsp3) is 0.286. The van der Waals surface area contributed by atoms with Crippen LogP contribution in [-0.2, 0) is 6.42 Å². The van der Waals surface area contributed by atoms with Crippen LogP contribution in [0.4, 0.5) is 5.82 Å². The zero-order valence-electron chi connectivity index (χ0n) is 11.4. The van der Waals surface area contributed by atoms with Crippen LogP contribution in [0.3, 0.4) is 0 Å². The summed E-state index contributed by atoms with van der Waals surface area (Å²) in [6, 6.07) is 7.39. The lowest BCUT2D eigenvalue weighted by Gasteiger charge is -2.17. The van der Waals surface area contributed by atoms with E-state index in [1.807, 2.05) is 11.4 Å². The molecule has 0 unspecified atom stereocenters. The van der Waals surface area contributed by atoms with Gasteiger partial charge in [0.15, 0.2) is 0 Å². The van der Waals surface area contributed by atoms with Crippen LogP contribution in [0.15, 0.2) is 29.6 Å². The quantitative estimate of drug-likeness (QED) is 0.863. The van der Waals surface area contributed by atoms with Crippen LogP contribution in [0, 0.1) is 0 Å². The maximum Gasteiger partial charge on any atom is 0.253 e. The smallest absolute Gasteiger partial charge is 0.253 e. The van der Waals surface area contributed by atoms with Crippen molar-refractivity contribution in [3.8, 4) is 0 Å². The molecule has 0 spiro atoms. The van der Waals surface area contributed by atoms with Crippen molar-refractivity contribution in [2.75, 3.05) is 26.0 Å². The number of hydrogen-bond acceptors (Lipinski definition) is 4. The zero-order chi connectivity index (χ0) is 14.5. The Balaban J connectivity index is 2.04. The minimum absolute atomic E-state index is 0.0534. The maximum absolute atomic E-state index is 12.3. The third-order valence-electron chi connectivity index (χ3n) is 2.92. The highest BCUT2D eigenvalue weighted by Gasteiger charge is 2.14. The van der Waals surface area contributed by atoms with Crippen LogP contribution in [0.5, 0.6) is 0 Å². The van der Waals surface area contributed by atoms with Gasteiger partial charge in [-0.3, -0.25) is 4.79 Å². The Hall–Kier alpha value is -1.59. The molecule has 1 amide bonds. The molecule has 0 aliphatic heterocycles.